The van der Waals surface area contributed by atoms with Crippen molar-refractivity contribution in [2.24, 2.45) is 0 Å². The Morgan fingerprint density at radius 2 is 2.00 bits per heavy atom. The largest absolute Gasteiger partial charge is 0.370 e. The summed E-state index contributed by atoms with van der Waals surface area (Å²) in [6.45, 7) is 7.16. The molecule has 21 heavy (non-hydrogen) atoms. The van der Waals surface area contributed by atoms with E-state index in [9.17, 15) is 0 Å². The fourth-order valence-corrected chi connectivity index (χ4v) is 3.53. The third kappa shape index (κ3) is 2.80. The van der Waals surface area contributed by atoms with Crippen LogP contribution >= 0.6 is 27.3 Å². The monoisotopic (exact) mass is 361 g/mol. The van der Waals surface area contributed by atoms with Gasteiger partial charge in [0.1, 0.15) is 5.82 Å². The van der Waals surface area contributed by atoms with E-state index in [1.165, 1.54) is 10.4 Å². The van der Waals surface area contributed by atoms with Gasteiger partial charge in [0.2, 0.25) is 0 Å². The van der Waals surface area contributed by atoms with E-state index in [1.54, 1.807) is 11.3 Å². The van der Waals surface area contributed by atoms with Crippen molar-refractivity contribution in [2.45, 2.75) is 20.8 Å². The lowest BCUT2D eigenvalue weighted by Gasteiger charge is -2.09. The maximum atomic E-state index is 4.72. The van der Waals surface area contributed by atoms with Gasteiger partial charge in [0.15, 0.2) is 5.82 Å². The number of anilines is 1. The predicted molar refractivity (Wildman–Crippen MR) is 94.2 cm³/mol. The maximum absolute atomic E-state index is 4.72. The number of fused-ring (bicyclic) bond motifs is 1. The van der Waals surface area contributed by atoms with Crippen LogP contribution in [-0.4, -0.2) is 16.5 Å². The number of rotatable bonds is 3. The van der Waals surface area contributed by atoms with E-state index in [2.05, 4.69) is 54.2 Å². The zero-order valence-electron chi connectivity index (χ0n) is 12.2. The Bertz CT molecular complexity index is 791. The standard InChI is InChI=1S/C16H16BrN3S/c1-4-18-15-12-8-11(17)5-6-13(12)19-16(20-15)14-7-9(2)10(3)21-14/h5-8H,4H2,1-3H3,(H,18,19,20). The van der Waals surface area contributed by atoms with Crippen LogP contribution in [0.5, 0.6) is 0 Å². The minimum atomic E-state index is 0.793. The summed E-state index contributed by atoms with van der Waals surface area (Å²) in [5.41, 5.74) is 2.25. The lowest BCUT2D eigenvalue weighted by Crippen LogP contribution is -2.02. The van der Waals surface area contributed by atoms with Crippen molar-refractivity contribution in [2.75, 3.05) is 11.9 Å². The van der Waals surface area contributed by atoms with Crippen LogP contribution in [0.3, 0.4) is 0 Å². The first-order valence-electron chi connectivity index (χ1n) is 6.87. The van der Waals surface area contributed by atoms with Crippen molar-refractivity contribution in [3.8, 4) is 10.7 Å². The van der Waals surface area contributed by atoms with Crippen LogP contribution in [0.1, 0.15) is 17.4 Å². The van der Waals surface area contributed by atoms with Gasteiger partial charge >= 0.3 is 0 Å². The van der Waals surface area contributed by atoms with Gasteiger partial charge in [-0.1, -0.05) is 15.9 Å². The number of hydrogen-bond acceptors (Lipinski definition) is 4. The Kier molecular flexibility index (Phi) is 3.95. The highest BCUT2D eigenvalue weighted by molar-refractivity contribution is 9.10. The summed E-state index contributed by atoms with van der Waals surface area (Å²) in [4.78, 5) is 11.9. The normalized spacial score (nSPS) is 11.0. The topological polar surface area (TPSA) is 37.8 Å². The van der Waals surface area contributed by atoms with Crippen LogP contribution in [0.15, 0.2) is 28.7 Å². The smallest absolute Gasteiger partial charge is 0.172 e. The summed E-state index contributed by atoms with van der Waals surface area (Å²) in [6.07, 6.45) is 0. The molecule has 0 saturated heterocycles. The Balaban J connectivity index is 2.22. The lowest BCUT2D eigenvalue weighted by molar-refractivity contribution is 1.15. The van der Waals surface area contributed by atoms with Gasteiger partial charge in [0.05, 0.1) is 10.4 Å². The second-order valence-electron chi connectivity index (χ2n) is 4.94. The number of thiophene rings is 1. The Morgan fingerprint density at radius 3 is 2.67 bits per heavy atom. The molecule has 1 aromatic carbocycles. The molecule has 3 nitrogen and oxygen atoms in total. The molecule has 0 aliphatic rings. The number of nitrogens with zero attached hydrogens (tertiary/aromatic N) is 2. The summed E-state index contributed by atoms with van der Waals surface area (Å²) in [6, 6.07) is 8.26. The fraction of sp³-hybridized carbons (Fsp3) is 0.250. The van der Waals surface area contributed by atoms with Gasteiger partial charge < -0.3 is 5.32 Å². The van der Waals surface area contributed by atoms with Crippen LogP contribution in [0.25, 0.3) is 21.6 Å². The average molecular weight is 362 g/mol. The quantitative estimate of drug-likeness (QED) is 0.699. The summed E-state index contributed by atoms with van der Waals surface area (Å²) < 4.78 is 1.04. The van der Waals surface area contributed by atoms with Crippen LogP contribution < -0.4 is 5.32 Å². The van der Waals surface area contributed by atoms with E-state index in [0.717, 1.165) is 38.4 Å². The van der Waals surface area contributed by atoms with E-state index >= 15 is 0 Å². The van der Waals surface area contributed by atoms with Gasteiger partial charge in [0.25, 0.3) is 0 Å². The Hall–Kier alpha value is -1.46. The molecule has 0 spiro atoms. The van der Waals surface area contributed by atoms with Gasteiger partial charge in [-0.25, -0.2) is 9.97 Å². The van der Waals surface area contributed by atoms with Crippen molar-refractivity contribution < 1.29 is 0 Å². The summed E-state index contributed by atoms with van der Waals surface area (Å²) in [5.74, 6) is 1.68. The molecule has 2 heterocycles. The average Bonchev–Trinajstić information content (AvgIpc) is 2.79. The maximum Gasteiger partial charge on any atom is 0.172 e. The van der Waals surface area contributed by atoms with Crippen molar-refractivity contribution in [1.82, 2.24) is 9.97 Å². The van der Waals surface area contributed by atoms with Crippen LogP contribution in [0.2, 0.25) is 0 Å². The van der Waals surface area contributed by atoms with E-state index in [0.29, 0.717) is 0 Å². The molecule has 0 amide bonds. The molecule has 2 aromatic heterocycles. The molecule has 0 aliphatic carbocycles. The number of aromatic nitrogens is 2. The Morgan fingerprint density at radius 1 is 1.19 bits per heavy atom. The zero-order valence-corrected chi connectivity index (χ0v) is 14.6. The predicted octanol–water partition coefficient (Wildman–Crippen LogP) is 5.17. The molecule has 0 fully saturated rings. The number of benzene rings is 1. The molecule has 0 atom stereocenters. The van der Waals surface area contributed by atoms with Crippen LogP contribution in [-0.2, 0) is 0 Å². The lowest BCUT2D eigenvalue weighted by atomic mass is 10.2. The second kappa shape index (κ2) is 5.73. The summed E-state index contributed by atoms with van der Waals surface area (Å²) in [5, 5.41) is 4.38. The first kappa shape index (κ1) is 14.5. The van der Waals surface area contributed by atoms with Gasteiger partial charge in [-0.3, -0.25) is 0 Å². The minimum Gasteiger partial charge on any atom is -0.370 e. The van der Waals surface area contributed by atoms with Crippen molar-refractivity contribution in [3.63, 3.8) is 0 Å². The van der Waals surface area contributed by atoms with E-state index in [-0.39, 0.29) is 0 Å². The van der Waals surface area contributed by atoms with Crippen molar-refractivity contribution >= 4 is 44.0 Å². The minimum absolute atomic E-state index is 0.793. The highest BCUT2D eigenvalue weighted by Crippen LogP contribution is 2.32. The summed E-state index contributed by atoms with van der Waals surface area (Å²) in [7, 11) is 0. The number of hydrogen-bond donors (Lipinski definition) is 1. The molecular weight excluding hydrogens is 346 g/mol. The highest BCUT2D eigenvalue weighted by atomic mass is 79.9. The van der Waals surface area contributed by atoms with Gasteiger partial charge in [-0.05, 0) is 50.6 Å². The third-order valence-electron chi connectivity index (χ3n) is 3.39. The van der Waals surface area contributed by atoms with Gasteiger partial charge in [-0.15, -0.1) is 11.3 Å². The first-order chi connectivity index (χ1) is 10.1. The highest BCUT2D eigenvalue weighted by Gasteiger charge is 2.12. The molecule has 0 aliphatic heterocycles. The molecule has 0 saturated carbocycles. The fourth-order valence-electron chi connectivity index (χ4n) is 2.20. The molecule has 0 bridgehead atoms. The number of aryl methyl sites for hydroxylation is 2. The molecule has 0 radical (unpaired) electrons. The second-order valence-corrected chi connectivity index (χ2v) is 7.11. The van der Waals surface area contributed by atoms with Crippen LogP contribution in [0.4, 0.5) is 5.82 Å². The van der Waals surface area contributed by atoms with Gasteiger partial charge in [0, 0.05) is 21.3 Å². The summed E-state index contributed by atoms with van der Waals surface area (Å²) >= 11 is 5.26. The molecule has 3 rings (SSSR count). The molecular formula is C16H16BrN3S. The van der Waals surface area contributed by atoms with E-state index in [4.69, 9.17) is 9.97 Å². The molecule has 108 valence electrons. The third-order valence-corrected chi connectivity index (χ3v) is 5.03. The Labute approximate surface area is 136 Å². The molecule has 5 heteroatoms. The van der Waals surface area contributed by atoms with E-state index < -0.39 is 0 Å². The molecule has 3 aromatic rings. The first-order valence-corrected chi connectivity index (χ1v) is 8.48. The zero-order chi connectivity index (χ0) is 15.0. The van der Waals surface area contributed by atoms with Gasteiger partial charge in [-0.2, -0.15) is 0 Å². The van der Waals surface area contributed by atoms with Crippen LogP contribution in [0, 0.1) is 13.8 Å². The van der Waals surface area contributed by atoms with Crippen molar-refractivity contribution in [1.29, 1.82) is 0 Å². The van der Waals surface area contributed by atoms with Crippen molar-refractivity contribution in [3.05, 3.63) is 39.2 Å². The number of halogens is 1. The van der Waals surface area contributed by atoms with E-state index in [1.807, 2.05) is 12.1 Å². The molecule has 0 unspecified atom stereocenters. The SMILES string of the molecule is CCNc1nc(-c2cc(C)c(C)s2)nc2ccc(Br)cc12. The molecule has 1 N–H and O–H groups in total. The number of nitrogens with one attached hydrogen (secondary N) is 1.